The van der Waals surface area contributed by atoms with E-state index in [2.05, 4.69) is 5.32 Å². The van der Waals surface area contributed by atoms with Crippen molar-refractivity contribution in [3.05, 3.63) is 36.2 Å². The number of halogens is 1. The van der Waals surface area contributed by atoms with E-state index in [1.165, 1.54) is 0 Å². The van der Waals surface area contributed by atoms with E-state index in [1.54, 1.807) is 31.2 Å². The summed E-state index contributed by atoms with van der Waals surface area (Å²) in [4.78, 5) is 11.2. The second-order valence-corrected chi connectivity index (χ2v) is 3.63. The smallest absolute Gasteiger partial charge is 0.411 e. The van der Waals surface area contributed by atoms with Gasteiger partial charge in [0.1, 0.15) is 12.4 Å². The molecular formula is C13H17FN2O3. The Morgan fingerprint density at radius 3 is 2.63 bits per heavy atom. The predicted molar refractivity (Wildman–Crippen MR) is 70.8 cm³/mol. The number of anilines is 1. The van der Waals surface area contributed by atoms with E-state index in [0.717, 1.165) is 0 Å². The molecule has 6 heteroatoms. The summed E-state index contributed by atoms with van der Waals surface area (Å²) in [5.41, 5.74) is 6.26. The quantitative estimate of drug-likeness (QED) is 0.831. The molecule has 0 aliphatic rings. The predicted octanol–water partition coefficient (Wildman–Crippen LogP) is 2.45. The van der Waals surface area contributed by atoms with Gasteiger partial charge in [0.15, 0.2) is 0 Å². The first kappa shape index (κ1) is 15.0. The second-order valence-electron chi connectivity index (χ2n) is 3.63. The minimum atomic E-state index is -0.512. The van der Waals surface area contributed by atoms with Gasteiger partial charge in [0.05, 0.1) is 12.9 Å². The van der Waals surface area contributed by atoms with E-state index < -0.39 is 6.09 Å². The molecule has 0 fully saturated rings. The van der Waals surface area contributed by atoms with Crippen LogP contribution in [0.25, 0.3) is 0 Å². The Bertz CT molecular complexity index is 432. The third-order valence-electron chi connectivity index (χ3n) is 2.22. The summed E-state index contributed by atoms with van der Waals surface area (Å²) in [5.74, 6) is 0.558. The van der Waals surface area contributed by atoms with Gasteiger partial charge in [-0.15, -0.1) is 0 Å². The topological polar surface area (TPSA) is 73.6 Å². The summed E-state index contributed by atoms with van der Waals surface area (Å²) >= 11 is 0. The van der Waals surface area contributed by atoms with Crippen molar-refractivity contribution in [2.75, 3.05) is 25.1 Å². The zero-order valence-electron chi connectivity index (χ0n) is 10.7. The first-order chi connectivity index (χ1) is 9.19. The summed E-state index contributed by atoms with van der Waals surface area (Å²) in [6, 6.07) is 6.64. The lowest BCUT2D eigenvalue weighted by Gasteiger charge is -2.09. The van der Waals surface area contributed by atoms with Crippen molar-refractivity contribution in [1.29, 1.82) is 0 Å². The van der Waals surface area contributed by atoms with Crippen LogP contribution in [0.15, 0.2) is 36.2 Å². The van der Waals surface area contributed by atoms with Gasteiger partial charge in [-0.2, -0.15) is 0 Å². The molecule has 0 unspecified atom stereocenters. The van der Waals surface area contributed by atoms with Gasteiger partial charge in [-0.25, -0.2) is 9.18 Å². The zero-order valence-corrected chi connectivity index (χ0v) is 10.7. The fourth-order valence-electron chi connectivity index (χ4n) is 1.23. The Morgan fingerprint density at radius 1 is 1.42 bits per heavy atom. The number of hydrogen-bond acceptors (Lipinski definition) is 4. The molecule has 1 rings (SSSR count). The van der Waals surface area contributed by atoms with Crippen LogP contribution in [0.3, 0.4) is 0 Å². The minimum Gasteiger partial charge on any atom is -0.489 e. The van der Waals surface area contributed by atoms with Crippen LogP contribution in [-0.2, 0) is 4.74 Å². The number of amides is 1. The molecule has 1 aromatic carbocycles. The highest BCUT2D eigenvalue weighted by atomic mass is 19.1. The number of carbonyl (C=O) groups excluding carboxylic acids is 1. The molecule has 19 heavy (non-hydrogen) atoms. The van der Waals surface area contributed by atoms with Gasteiger partial charge in [0.25, 0.3) is 0 Å². The molecule has 1 amide bonds. The lowest BCUT2D eigenvalue weighted by molar-refractivity contribution is 0.168. The lowest BCUT2D eigenvalue weighted by atomic mass is 10.3. The maximum absolute atomic E-state index is 12.3. The van der Waals surface area contributed by atoms with Crippen molar-refractivity contribution in [2.45, 2.75) is 6.92 Å². The summed E-state index contributed by atoms with van der Waals surface area (Å²) in [6.07, 6.45) is -0.0709. The Morgan fingerprint density at radius 2 is 2.11 bits per heavy atom. The molecule has 3 N–H and O–H groups in total. The fourth-order valence-corrected chi connectivity index (χ4v) is 1.23. The normalized spacial score (nSPS) is 11.0. The molecule has 0 radical (unpaired) electrons. The highest BCUT2D eigenvalue weighted by Gasteiger charge is 2.02. The molecule has 1 aromatic rings. The summed E-state index contributed by atoms with van der Waals surface area (Å²) < 4.78 is 22.3. The van der Waals surface area contributed by atoms with E-state index >= 15 is 0 Å². The minimum absolute atomic E-state index is 0.0949. The third kappa shape index (κ3) is 5.39. The van der Waals surface area contributed by atoms with Crippen molar-refractivity contribution in [2.24, 2.45) is 5.73 Å². The molecule has 0 aromatic heterocycles. The van der Waals surface area contributed by atoms with E-state index in [9.17, 15) is 9.18 Å². The number of nitrogens with one attached hydrogen (secondary N) is 1. The lowest BCUT2D eigenvalue weighted by Crippen LogP contribution is -2.13. The van der Waals surface area contributed by atoms with Crippen molar-refractivity contribution in [3.63, 3.8) is 0 Å². The molecule has 0 bridgehead atoms. The van der Waals surface area contributed by atoms with Crippen molar-refractivity contribution in [1.82, 2.24) is 0 Å². The number of rotatable bonds is 6. The molecule has 104 valence electrons. The fraction of sp³-hybridized carbons (Fsp3) is 0.308. The number of hydrogen-bond donors (Lipinski definition) is 2. The first-order valence-corrected chi connectivity index (χ1v) is 5.84. The maximum Gasteiger partial charge on any atom is 0.411 e. The van der Waals surface area contributed by atoms with Gasteiger partial charge >= 0.3 is 6.09 Å². The third-order valence-corrected chi connectivity index (χ3v) is 2.22. The summed E-state index contributed by atoms with van der Waals surface area (Å²) in [5, 5.41) is 2.55. The Balaban J connectivity index is 2.50. The number of carbonyl (C=O) groups is 1. The van der Waals surface area contributed by atoms with Crippen LogP contribution < -0.4 is 15.8 Å². The van der Waals surface area contributed by atoms with Gasteiger partial charge in [0, 0.05) is 17.8 Å². The van der Waals surface area contributed by atoms with Crippen molar-refractivity contribution < 1.29 is 18.7 Å². The molecule has 0 atom stereocenters. The summed E-state index contributed by atoms with van der Waals surface area (Å²) in [7, 11) is 0. The largest absolute Gasteiger partial charge is 0.489 e. The number of nitrogens with two attached hydrogens (primary N) is 1. The van der Waals surface area contributed by atoms with Gasteiger partial charge in [-0.1, -0.05) is 0 Å². The van der Waals surface area contributed by atoms with Crippen LogP contribution in [0.5, 0.6) is 5.75 Å². The highest BCUT2D eigenvalue weighted by molar-refractivity contribution is 5.84. The number of ether oxygens (including phenoxy) is 2. The molecule has 0 aliphatic carbocycles. The molecule has 5 nitrogen and oxygen atoms in total. The van der Waals surface area contributed by atoms with Crippen LogP contribution in [0, 0.1) is 0 Å². The van der Waals surface area contributed by atoms with Crippen LogP contribution in [0.1, 0.15) is 6.92 Å². The average Bonchev–Trinajstić information content (AvgIpc) is 2.42. The molecule has 0 spiro atoms. The monoisotopic (exact) mass is 268 g/mol. The molecule has 0 saturated heterocycles. The average molecular weight is 268 g/mol. The van der Waals surface area contributed by atoms with Gasteiger partial charge < -0.3 is 15.2 Å². The Hall–Kier alpha value is -2.08. The zero-order chi connectivity index (χ0) is 14.1. The van der Waals surface area contributed by atoms with Crippen molar-refractivity contribution >= 4 is 11.8 Å². The standard InChI is InChI=1S/C13H17FN2O3/c1-2-18-13(17)16-11-3-5-12(6-4-11)19-9-10(7-14)8-15/h3-7H,2,8-9,15H2,1H3,(H,16,17)/b10-7+. The van der Waals surface area contributed by atoms with Gasteiger partial charge in [0.2, 0.25) is 0 Å². The van der Waals surface area contributed by atoms with Crippen LogP contribution in [-0.4, -0.2) is 25.9 Å². The molecule has 0 aliphatic heterocycles. The van der Waals surface area contributed by atoms with E-state index in [4.69, 9.17) is 15.2 Å². The van der Waals surface area contributed by atoms with E-state index in [-0.39, 0.29) is 13.2 Å². The van der Waals surface area contributed by atoms with Crippen molar-refractivity contribution in [3.8, 4) is 5.75 Å². The Labute approximate surface area is 111 Å². The molecule has 0 saturated carbocycles. The Kier molecular flexibility index (Phi) is 6.38. The van der Waals surface area contributed by atoms with E-state index in [1.807, 2.05) is 0 Å². The number of benzene rings is 1. The van der Waals surface area contributed by atoms with Crippen LogP contribution in [0.4, 0.5) is 14.9 Å². The molecule has 0 heterocycles. The van der Waals surface area contributed by atoms with Crippen LogP contribution >= 0.6 is 0 Å². The van der Waals surface area contributed by atoms with Crippen LogP contribution in [0.2, 0.25) is 0 Å². The second kappa shape index (κ2) is 8.10. The molecular weight excluding hydrogens is 251 g/mol. The first-order valence-electron chi connectivity index (χ1n) is 5.84. The van der Waals surface area contributed by atoms with E-state index in [0.29, 0.717) is 29.9 Å². The highest BCUT2D eigenvalue weighted by Crippen LogP contribution is 2.16. The summed E-state index contributed by atoms with van der Waals surface area (Å²) in [6.45, 7) is 2.24. The van der Waals surface area contributed by atoms with Gasteiger partial charge in [-0.05, 0) is 31.2 Å². The maximum atomic E-state index is 12.3. The van der Waals surface area contributed by atoms with Gasteiger partial charge in [-0.3, -0.25) is 5.32 Å². The SMILES string of the molecule is CCOC(=O)Nc1ccc(OC/C(=C/F)CN)cc1.